The molecule has 0 unspecified atom stereocenters. The summed E-state index contributed by atoms with van der Waals surface area (Å²) in [7, 11) is 0. The predicted molar refractivity (Wildman–Crippen MR) is 85.5 cm³/mol. The lowest BCUT2D eigenvalue weighted by molar-refractivity contribution is 1.64. The fourth-order valence-electron chi connectivity index (χ4n) is 1.86. The minimum Gasteiger partial charge on any atom is -0.141 e. The number of hydrogen-bond acceptors (Lipinski definition) is 2. The molecule has 0 saturated carbocycles. The normalized spacial score (nSPS) is 10.8. The second-order valence-corrected chi connectivity index (χ2v) is 7.84. The van der Waals surface area contributed by atoms with Crippen LogP contribution < -0.4 is 0 Å². The first-order chi connectivity index (χ1) is 8.72. The predicted octanol–water partition coefficient (Wildman–Crippen LogP) is 6.21. The second kappa shape index (κ2) is 5.00. The molecular weight excluding hydrogens is 324 g/mol. The van der Waals surface area contributed by atoms with Crippen molar-refractivity contribution in [3.05, 3.63) is 57.2 Å². The third kappa shape index (κ3) is 2.44. The topological polar surface area (TPSA) is 0 Å². The van der Waals surface area contributed by atoms with Crippen molar-refractivity contribution in [3.8, 4) is 20.9 Å². The van der Waals surface area contributed by atoms with Crippen LogP contribution in [0.1, 0.15) is 4.88 Å². The molecule has 3 aromatic rings. The fourth-order valence-corrected chi connectivity index (χ4v) is 4.12. The Kier molecular flexibility index (Phi) is 3.37. The van der Waals surface area contributed by atoms with Gasteiger partial charge < -0.3 is 0 Å². The number of halogens is 1. The number of aryl methyl sites for hydroxylation is 1. The van der Waals surface area contributed by atoms with Gasteiger partial charge in [-0.3, -0.25) is 0 Å². The van der Waals surface area contributed by atoms with E-state index in [4.69, 9.17) is 0 Å². The lowest BCUT2D eigenvalue weighted by Gasteiger charge is -2.00. The lowest BCUT2D eigenvalue weighted by atomic mass is 10.1. The summed E-state index contributed by atoms with van der Waals surface area (Å²) in [5.74, 6) is 0. The number of thiophene rings is 2. The van der Waals surface area contributed by atoms with Crippen molar-refractivity contribution in [2.24, 2.45) is 0 Å². The minimum atomic E-state index is 1.18. The molecule has 0 fully saturated rings. The third-order valence-electron chi connectivity index (χ3n) is 2.77. The summed E-state index contributed by atoms with van der Waals surface area (Å²) in [6.07, 6.45) is 0. The van der Waals surface area contributed by atoms with Gasteiger partial charge in [0.05, 0.1) is 3.79 Å². The first-order valence-electron chi connectivity index (χ1n) is 5.65. The molecule has 0 nitrogen and oxygen atoms in total. The molecule has 3 rings (SSSR count). The Balaban J connectivity index is 1.94. The third-order valence-corrected chi connectivity index (χ3v) is 5.49. The van der Waals surface area contributed by atoms with Crippen LogP contribution in [0.5, 0.6) is 0 Å². The molecule has 0 saturated heterocycles. The zero-order valence-electron chi connectivity index (χ0n) is 9.81. The van der Waals surface area contributed by atoms with E-state index in [-0.39, 0.29) is 0 Å². The van der Waals surface area contributed by atoms with Crippen molar-refractivity contribution >= 4 is 38.6 Å². The van der Waals surface area contributed by atoms with E-state index in [0.29, 0.717) is 0 Å². The van der Waals surface area contributed by atoms with E-state index in [1.807, 2.05) is 11.3 Å². The van der Waals surface area contributed by atoms with Gasteiger partial charge in [-0.1, -0.05) is 24.3 Å². The SMILES string of the molecule is Cc1ccc(-c2ccc(-c3ccc(Br)s3)cc2)s1. The van der Waals surface area contributed by atoms with Crippen LogP contribution in [0.3, 0.4) is 0 Å². The van der Waals surface area contributed by atoms with Crippen LogP contribution in [0.2, 0.25) is 0 Å². The summed E-state index contributed by atoms with van der Waals surface area (Å²) in [6, 6.07) is 17.4. The quantitative estimate of drug-likeness (QED) is 0.522. The van der Waals surface area contributed by atoms with E-state index in [9.17, 15) is 0 Å². The highest BCUT2D eigenvalue weighted by Gasteiger charge is 2.03. The van der Waals surface area contributed by atoms with Crippen molar-refractivity contribution in [1.82, 2.24) is 0 Å². The van der Waals surface area contributed by atoms with Crippen molar-refractivity contribution in [3.63, 3.8) is 0 Å². The molecule has 2 aromatic heterocycles. The van der Waals surface area contributed by atoms with E-state index < -0.39 is 0 Å². The fraction of sp³-hybridized carbons (Fsp3) is 0.0667. The molecule has 0 radical (unpaired) electrons. The Morgan fingerprint density at radius 2 is 1.28 bits per heavy atom. The van der Waals surface area contributed by atoms with Gasteiger partial charge in [-0.05, 0) is 58.2 Å². The van der Waals surface area contributed by atoms with E-state index in [1.54, 1.807) is 11.3 Å². The van der Waals surface area contributed by atoms with Crippen LogP contribution in [0.4, 0.5) is 0 Å². The van der Waals surface area contributed by atoms with Crippen molar-refractivity contribution in [1.29, 1.82) is 0 Å². The average molecular weight is 335 g/mol. The van der Waals surface area contributed by atoms with E-state index in [1.165, 1.54) is 29.5 Å². The Morgan fingerprint density at radius 3 is 1.72 bits per heavy atom. The minimum absolute atomic E-state index is 1.18. The summed E-state index contributed by atoms with van der Waals surface area (Å²) in [5, 5.41) is 0. The van der Waals surface area contributed by atoms with E-state index in [2.05, 4.69) is 71.4 Å². The largest absolute Gasteiger partial charge is 0.141 e. The lowest BCUT2D eigenvalue weighted by Crippen LogP contribution is -1.74. The Hall–Kier alpha value is -0.900. The van der Waals surface area contributed by atoms with E-state index >= 15 is 0 Å². The highest BCUT2D eigenvalue weighted by Crippen LogP contribution is 2.33. The van der Waals surface area contributed by atoms with Crippen molar-refractivity contribution in [2.45, 2.75) is 6.92 Å². The zero-order chi connectivity index (χ0) is 12.5. The standard InChI is InChI=1S/C15H11BrS2/c1-10-2-7-13(17-10)11-3-5-12(6-4-11)14-8-9-15(16)18-14/h2-9H,1H3. The molecule has 0 atom stereocenters. The maximum absolute atomic E-state index is 3.50. The van der Waals surface area contributed by atoms with Crippen LogP contribution >= 0.6 is 38.6 Å². The number of hydrogen-bond donors (Lipinski definition) is 0. The summed E-state index contributed by atoms with van der Waals surface area (Å²) < 4.78 is 1.18. The van der Waals surface area contributed by atoms with Gasteiger partial charge in [-0.25, -0.2) is 0 Å². The summed E-state index contributed by atoms with van der Waals surface area (Å²) in [5.41, 5.74) is 2.58. The highest BCUT2D eigenvalue weighted by atomic mass is 79.9. The van der Waals surface area contributed by atoms with Crippen LogP contribution in [0.25, 0.3) is 20.9 Å². The van der Waals surface area contributed by atoms with Gasteiger partial charge in [0.1, 0.15) is 0 Å². The molecule has 0 aliphatic heterocycles. The molecule has 90 valence electrons. The van der Waals surface area contributed by atoms with Gasteiger partial charge in [-0.2, -0.15) is 0 Å². The van der Waals surface area contributed by atoms with Gasteiger partial charge in [0.15, 0.2) is 0 Å². The van der Waals surface area contributed by atoms with Gasteiger partial charge in [-0.15, -0.1) is 22.7 Å². The van der Waals surface area contributed by atoms with E-state index in [0.717, 1.165) is 0 Å². The summed E-state index contributed by atoms with van der Waals surface area (Å²) in [4.78, 5) is 4.00. The Morgan fingerprint density at radius 1 is 0.722 bits per heavy atom. The van der Waals surface area contributed by atoms with Gasteiger partial charge in [0, 0.05) is 14.6 Å². The van der Waals surface area contributed by atoms with Gasteiger partial charge >= 0.3 is 0 Å². The molecule has 0 amide bonds. The van der Waals surface area contributed by atoms with Crippen LogP contribution in [-0.2, 0) is 0 Å². The molecule has 1 aromatic carbocycles. The molecule has 3 heteroatoms. The molecule has 0 bridgehead atoms. The maximum atomic E-state index is 3.50. The Bertz CT molecular complexity index is 603. The molecule has 2 heterocycles. The zero-order valence-corrected chi connectivity index (χ0v) is 13.0. The number of rotatable bonds is 2. The molecule has 0 aliphatic rings. The smallest absolute Gasteiger partial charge is 0.0705 e. The molecular formula is C15H11BrS2. The van der Waals surface area contributed by atoms with Crippen LogP contribution in [0, 0.1) is 6.92 Å². The first-order valence-corrected chi connectivity index (χ1v) is 8.07. The molecule has 0 N–H and O–H groups in total. The second-order valence-electron chi connectivity index (χ2n) is 4.09. The number of benzene rings is 1. The summed E-state index contributed by atoms with van der Waals surface area (Å²) >= 11 is 7.11. The maximum Gasteiger partial charge on any atom is 0.0705 e. The monoisotopic (exact) mass is 334 g/mol. The molecule has 18 heavy (non-hydrogen) atoms. The average Bonchev–Trinajstić information content (AvgIpc) is 2.98. The van der Waals surface area contributed by atoms with Crippen LogP contribution in [-0.4, -0.2) is 0 Å². The molecule has 0 aliphatic carbocycles. The van der Waals surface area contributed by atoms with Crippen molar-refractivity contribution in [2.75, 3.05) is 0 Å². The highest BCUT2D eigenvalue weighted by molar-refractivity contribution is 9.11. The molecule has 0 spiro atoms. The van der Waals surface area contributed by atoms with Crippen LogP contribution in [0.15, 0.2) is 52.3 Å². The van der Waals surface area contributed by atoms with Gasteiger partial charge in [0.2, 0.25) is 0 Å². The van der Waals surface area contributed by atoms with Crippen molar-refractivity contribution < 1.29 is 0 Å². The Labute approximate surface area is 123 Å². The first kappa shape index (κ1) is 12.2. The van der Waals surface area contributed by atoms with Gasteiger partial charge in [0.25, 0.3) is 0 Å². The summed E-state index contributed by atoms with van der Waals surface area (Å²) in [6.45, 7) is 2.14.